The highest BCUT2D eigenvalue weighted by Crippen LogP contribution is 2.42. The van der Waals surface area contributed by atoms with Gasteiger partial charge in [0.1, 0.15) is 11.5 Å². The van der Waals surface area contributed by atoms with E-state index in [4.69, 9.17) is 18.9 Å². The molecular weight excluding hydrogens is 488 g/mol. The molecule has 2 fully saturated rings. The summed E-state index contributed by atoms with van der Waals surface area (Å²) in [5, 5.41) is 11.4. The number of amides is 1. The number of morpholine rings is 1. The van der Waals surface area contributed by atoms with Crippen molar-refractivity contribution in [1.29, 1.82) is 0 Å². The molecule has 0 spiro atoms. The Morgan fingerprint density at radius 1 is 1.03 bits per heavy atom. The van der Waals surface area contributed by atoms with Crippen molar-refractivity contribution in [2.24, 2.45) is 0 Å². The molecule has 1 unspecified atom stereocenters. The molecule has 2 aliphatic heterocycles. The summed E-state index contributed by atoms with van der Waals surface area (Å²) in [5.41, 5.74) is 1.10. The molecule has 204 valence electrons. The molecule has 0 aliphatic carbocycles. The summed E-state index contributed by atoms with van der Waals surface area (Å²) in [7, 11) is 3.07. The number of rotatable bonds is 11. The van der Waals surface area contributed by atoms with Crippen molar-refractivity contribution in [2.75, 3.05) is 60.2 Å². The molecule has 0 aromatic heterocycles. The highest BCUT2D eigenvalue weighted by molar-refractivity contribution is 6.46. The molecule has 2 aromatic rings. The van der Waals surface area contributed by atoms with Gasteiger partial charge in [0.25, 0.3) is 11.7 Å². The number of nitrogens with zero attached hydrogens (tertiary/aromatic N) is 2. The first kappa shape index (κ1) is 27.5. The van der Waals surface area contributed by atoms with Crippen LogP contribution in [0, 0.1) is 0 Å². The standard InChI is InChI=1S/C29H36N2O7/c1-4-15-38-22-8-5-7-21(18-22)27(32)25-26(20-9-10-23(35-2)24(19-20)36-3)31(29(34)28(25)33)12-6-11-30-13-16-37-17-14-30/h5,7-10,18-19,26,32H,4,6,11-17H2,1-3H3/b27-25+. The number of methoxy groups -OCH3 is 2. The van der Waals surface area contributed by atoms with Crippen molar-refractivity contribution in [3.63, 3.8) is 0 Å². The molecule has 1 atom stereocenters. The monoisotopic (exact) mass is 524 g/mol. The Hall–Kier alpha value is -3.56. The Morgan fingerprint density at radius 3 is 2.50 bits per heavy atom. The Bertz CT molecular complexity index is 1170. The van der Waals surface area contributed by atoms with Crippen LogP contribution in [0.1, 0.15) is 36.9 Å². The third-order valence-electron chi connectivity index (χ3n) is 6.82. The number of ether oxygens (including phenoxy) is 4. The summed E-state index contributed by atoms with van der Waals surface area (Å²) >= 11 is 0. The molecule has 1 N–H and O–H groups in total. The maximum absolute atomic E-state index is 13.4. The minimum atomic E-state index is -0.778. The maximum atomic E-state index is 13.4. The average molecular weight is 525 g/mol. The van der Waals surface area contributed by atoms with Gasteiger partial charge in [0.05, 0.1) is 45.7 Å². The van der Waals surface area contributed by atoms with Crippen LogP contribution in [0.4, 0.5) is 0 Å². The zero-order valence-corrected chi connectivity index (χ0v) is 22.3. The topological polar surface area (TPSA) is 97.8 Å². The lowest BCUT2D eigenvalue weighted by Gasteiger charge is -2.29. The van der Waals surface area contributed by atoms with E-state index in [0.29, 0.717) is 61.2 Å². The predicted molar refractivity (Wildman–Crippen MR) is 143 cm³/mol. The molecule has 0 radical (unpaired) electrons. The van der Waals surface area contributed by atoms with E-state index >= 15 is 0 Å². The summed E-state index contributed by atoms with van der Waals surface area (Å²) in [6.45, 7) is 6.74. The largest absolute Gasteiger partial charge is 0.507 e. The Labute approximate surface area is 223 Å². The van der Waals surface area contributed by atoms with Crippen molar-refractivity contribution in [1.82, 2.24) is 9.80 Å². The second-order valence-electron chi connectivity index (χ2n) is 9.29. The van der Waals surface area contributed by atoms with E-state index in [1.54, 1.807) is 54.5 Å². The molecule has 38 heavy (non-hydrogen) atoms. The first-order valence-corrected chi connectivity index (χ1v) is 13.0. The fourth-order valence-corrected chi connectivity index (χ4v) is 4.88. The van der Waals surface area contributed by atoms with Crippen LogP contribution in [0.2, 0.25) is 0 Å². The summed E-state index contributed by atoms with van der Waals surface area (Å²) < 4.78 is 22.0. The highest BCUT2D eigenvalue weighted by Gasteiger charge is 2.46. The molecule has 2 aliphatic rings. The fraction of sp³-hybridized carbons (Fsp3) is 0.448. The Balaban J connectivity index is 1.72. The summed E-state index contributed by atoms with van der Waals surface area (Å²) in [5.74, 6) is -0.000494. The molecule has 4 rings (SSSR count). The van der Waals surface area contributed by atoms with Crippen LogP contribution < -0.4 is 14.2 Å². The molecule has 0 saturated carbocycles. The van der Waals surface area contributed by atoms with Gasteiger partial charge in [-0.25, -0.2) is 0 Å². The van der Waals surface area contributed by atoms with Gasteiger partial charge in [0.2, 0.25) is 0 Å². The van der Waals surface area contributed by atoms with Crippen LogP contribution in [0.5, 0.6) is 17.2 Å². The van der Waals surface area contributed by atoms with Gasteiger partial charge in [-0.3, -0.25) is 14.5 Å². The summed E-state index contributed by atoms with van der Waals surface area (Å²) in [6.07, 6.45) is 1.52. The van der Waals surface area contributed by atoms with Gasteiger partial charge in [-0.05, 0) is 42.7 Å². The van der Waals surface area contributed by atoms with E-state index < -0.39 is 17.7 Å². The number of hydrogen-bond donors (Lipinski definition) is 1. The lowest BCUT2D eigenvalue weighted by Crippen LogP contribution is -2.38. The van der Waals surface area contributed by atoms with Gasteiger partial charge >= 0.3 is 0 Å². The smallest absolute Gasteiger partial charge is 0.295 e. The molecule has 2 saturated heterocycles. The number of carbonyl (C=O) groups is 2. The number of likely N-dealkylation sites (tertiary alicyclic amines) is 1. The quantitative estimate of drug-likeness (QED) is 0.270. The molecular formula is C29H36N2O7. The van der Waals surface area contributed by atoms with Gasteiger partial charge in [-0.2, -0.15) is 0 Å². The molecule has 2 aromatic carbocycles. The minimum Gasteiger partial charge on any atom is -0.507 e. The van der Waals surface area contributed by atoms with E-state index in [9.17, 15) is 14.7 Å². The van der Waals surface area contributed by atoms with E-state index in [2.05, 4.69) is 4.90 Å². The van der Waals surface area contributed by atoms with Gasteiger partial charge in [-0.15, -0.1) is 0 Å². The van der Waals surface area contributed by atoms with E-state index in [1.165, 1.54) is 7.11 Å². The zero-order chi connectivity index (χ0) is 27.1. The number of aliphatic hydroxyl groups excluding tert-OH is 1. The van der Waals surface area contributed by atoms with E-state index in [0.717, 1.165) is 26.1 Å². The van der Waals surface area contributed by atoms with Gasteiger partial charge < -0.3 is 29.0 Å². The van der Waals surface area contributed by atoms with Crippen LogP contribution in [-0.2, 0) is 14.3 Å². The van der Waals surface area contributed by atoms with Crippen molar-refractivity contribution >= 4 is 17.4 Å². The van der Waals surface area contributed by atoms with Crippen molar-refractivity contribution in [3.05, 3.63) is 59.2 Å². The van der Waals surface area contributed by atoms with E-state index in [1.807, 2.05) is 6.92 Å². The Kier molecular flexibility index (Phi) is 9.25. The van der Waals surface area contributed by atoms with E-state index in [-0.39, 0.29) is 11.3 Å². The lowest BCUT2D eigenvalue weighted by atomic mass is 9.95. The normalized spacial score (nSPS) is 19.6. The van der Waals surface area contributed by atoms with Crippen LogP contribution in [0.25, 0.3) is 5.76 Å². The zero-order valence-electron chi connectivity index (χ0n) is 22.3. The number of carbonyl (C=O) groups excluding carboxylic acids is 2. The minimum absolute atomic E-state index is 0.0428. The van der Waals surface area contributed by atoms with Gasteiger partial charge in [0, 0.05) is 31.7 Å². The molecule has 9 nitrogen and oxygen atoms in total. The highest BCUT2D eigenvalue weighted by atomic mass is 16.5. The molecule has 2 heterocycles. The van der Waals surface area contributed by atoms with Gasteiger partial charge in [0.15, 0.2) is 11.5 Å². The number of aliphatic hydroxyl groups is 1. The molecule has 0 bridgehead atoms. The third-order valence-corrected chi connectivity index (χ3v) is 6.82. The van der Waals surface area contributed by atoms with Crippen LogP contribution in [0.15, 0.2) is 48.0 Å². The van der Waals surface area contributed by atoms with Crippen molar-refractivity contribution in [3.8, 4) is 17.2 Å². The number of ketones is 1. The first-order valence-electron chi connectivity index (χ1n) is 13.0. The number of Topliss-reactive ketones (excluding diaryl/α,β-unsaturated/α-hetero) is 1. The van der Waals surface area contributed by atoms with Crippen LogP contribution in [0.3, 0.4) is 0 Å². The Morgan fingerprint density at radius 2 is 1.79 bits per heavy atom. The predicted octanol–water partition coefficient (Wildman–Crippen LogP) is 3.64. The molecule has 1 amide bonds. The summed E-state index contributed by atoms with van der Waals surface area (Å²) in [6, 6.07) is 11.4. The number of benzene rings is 2. The van der Waals surface area contributed by atoms with Crippen molar-refractivity contribution < 1.29 is 33.6 Å². The number of hydrogen-bond acceptors (Lipinski definition) is 8. The first-order chi connectivity index (χ1) is 18.5. The second-order valence-corrected chi connectivity index (χ2v) is 9.29. The fourth-order valence-electron chi connectivity index (χ4n) is 4.88. The average Bonchev–Trinajstić information content (AvgIpc) is 3.21. The third kappa shape index (κ3) is 5.95. The van der Waals surface area contributed by atoms with Crippen LogP contribution in [-0.4, -0.2) is 86.8 Å². The SMILES string of the molecule is CCCOc1cccc(/C(O)=C2\C(=O)C(=O)N(CCCN3CCOCC3)C2c2ccc(OC)c(OC)c2)c1. The van der Waals surface area contributed by atoms with Gasteiger partial charge in [-0.1, -0.05) is 25.1 Å². The maximum Gasteiger partial charge on any atom is 0.295 e. The second kappa shape index (κ2) is 12.8. The van der Waals surface area contributed by atoms with Crippen molar-refractivity contribution in [2.45, 2.75) is 25.8 Å². The van der Waals surface area contributed by atoms with Crippen LogP contribution >= 0.6 is 0 Å². The summed E-state index contributed by atoms with van der Waals surface area (Å²) in [4.78, 5) is 30.5. The molecule has 9 heteroatoms. The lowest BCUT2D eigenvalue weighted by molar-refractivity contribution is -0.140.